The highest BCUT2D eigenvalue weighted by molar-refractivity contribution is 14.1. The number of nitrogens with zero attached hydrogens (tertiary/aromatic N) is 3. The third-order valence-corrected chi connectivity index (χ3v) is 6.86. The molecule has 1 aliphatic heterocycles. The molecule has 0 bridgehead atoms. The van der Waals surface area contributed by atoms with Crippen molar-refractivity contribution >= 4 is 51.6 Å². The van der Waals surface area contributed by atoms with Gasteiger partial charge in [-0.15, -0.1) is 0 Å². The van der Waals surface area contributed by atoms with Gasteiger partial charge in [0.25, 0.3) is 11.1 Å². The molecule has 4 rings (SSSR count). The second-order valence-electron chi connectivity index (χ2n) is 7.28. The lowest BCUT2D eigenvalue weighted by molar-refractivity contribution is -0.123. The van der Waals surface area contributed by atoms with Crippen LogP contribution >= 0.6 is 34.4 Å². The van der Waals surface area contributed by atoms with Crippen LogP contribution in [0.25, 0.3) is 6.08 Å². The van der Waals surface area contributed by atoms with Crippen LogP contribution in [0.4, 0.5) is 4.79 Å². The van der Waals surface area contributed by atoms with Crippen LogP contribution in [0, 0.1) is 26.2 Å². The van der Waals surface area contributed by atoms with Crippen LogP contribution in [0.5, 0.6) is 5.75 Å². The minimum absolute atomic E-state index is 0.0558. The first-order valence-corrected chi connectivity index (χ1v) is 12.0. The summed E-state index contributed by atoms with van der Waals surface area (Å²) in [5, 5.41) is 18.1. The van der Waals surface area contributed by atoms with Crippen molar-refractivity contribution in [1.82, 2.24) is 4.90 Å². The molecule has 0 radical (unpaired) electrons. The lowest BCUT2D eigenvalue weighted by Crippen LogP contribution is -2.27. The van der Waals surface area contributed by atoms with Gasteiger partial charge in [-0.2, -0.15) is 10.5 Å². The third kappa shape index (κ3) is 5.14. The maximum atomic E-state index is 12.9. The number of imide groups is 1. The Bertz CT molecular complexity index is 1400. The van der Waals surface area contributed by atoms with Gasteiger partial charge in [-0.3, -0.25) is 14.5 Å². The zero-order chi connectivity index (χ0) is 24.1. The van der Waals surface area contributed by atoms with Gasteiger partial charge < -0.3 is 4.74 Å². The number of benzene rings is 3. The molecule has 1 heterocycles. The quantitative estimate of drug-likeness (QED) is 0.270. The highest BCUT2D eigenvalue weighted by Gasteiger charge is 2.35. The Morgan fingerprint density at radius 3 is 2.26 bits per heavy atom. The summed E-state index contributed by atoms with van der Waals surface area (Å²) >= 11 is 3.03. The van der Waals surface area contributed by atoms with Gasteiger partial charge in [0.1, 0.15) is 12.4 Å². The first kappa shape index (κ1) is 23.6. The smallest absolute Gasteiger partial charge is 0.293 e. The standard InChI is InChI=1S/C26H16IN3O3S/c27-22-11-17(9-10-23(22)33-16-21-8-4-2-6-19(21)14-29)12-24-25(31)30(26(32)34-24)15-20-7-3-1-5-18(20)13-28/h1-12H,15-16H2/b24-12+. The summed E-state index contributed by atoms with van der Waals surface area (Å²) in [4.78, 5) is 26.8. The number of ether oxygens (including phenoxy) is 1. The average molecular weight is 577 g/mol. The molecular weight excluding hydrogens is 561 g/mol. The summed E-state index contributed by atoms with van der Waals surface area (Å²) in [5.74, 6) is 0.276. The van der Waals surface area contributed by atoms with Crippen LogP contribution in [0.1, 0.15) is 27.8 Å². The third-order valence-electron chi connectivity index (χ3n) is 5.11. The van der Waals surface area contributed by atoms with E-state index < -0.39 is 0 Å². The van der Waals surface area contributed by atoms with Crippen LogP contribution in [-0.2, 0) is 17.9 Å². The molecule has 8 heteroatoms. The van der Waals surface area contributed by atoms with Crippen molar-refractivity contribution in [1.29, 1.82) is 10.5 Å². The predicted octanol–water partition coefficient (Wildman–Crippen LogP) is 5.85. The molecule has 0 spiro atoms. The predicted molar refractivity (Wildman–Crippen MR) is 137 cm³/mol. The molecule has 0 N–H and O–H groups in total. The molecule has 166 valence electrons. The largest absolute Gasteiger partial charge is 0.488 e. The summed E-state index contributed by atoms with van der Waals surface area (Å²) < 4.78 is 6.73. The van der Waals surface area contributed by atoms with Crippen LogP contribution in [0.2, 0.25) is 0 Å². The number of hydrogen-bond acceptors (Lipinski definition) is 6. The molecule has 34 heavy (non-hydrogen) atoms. The molecule has 0 atom stereocenters. The summed E-state index contributed by atoms with van der Waals surface area (Å²) in [6, 6.07) is 23.9. The zero-order valence-corrected chi connectivity index (χ0v) is 20.7. The highest BCUT2D eigenvalue weighted by atomic mass is 127. The van der Waals surface area contributed by atoms with E-state index in [9.17, 15) is 20.1 Å². The molecule has 1 fully saturated rings. The zero-order valence-electron chi connectivity index (χ0n) is 17.7. The van der Waals surface area contributed by atoms with E-state index in [0.717, 1.165) is 31.4 Å². The van der Waals surface area contributed by atoms with E-state index in [2.05, 4.69) is 34.7 Å². The van der Waals surface area contributed by atoms with Gasteiger partial charge in [0.05, 0.1) is 38.3 Å². The maximum Gasteiger partial charge on any atom is 0.293 e. The number of amides is 2. The van der Waals surface area contributed by atoms with Crippen molar-refractivity contribution < 1.29 is 14.3 Å². The number of carbonyl (C=O) groups is 2. The molecule has 0 aliphatic carbocycles. The fourth-order valence-electron chi connectivity index (χ4n) is 3.36. The number of thioether (sulfide) groups is 1. The van der Waals surface area contributed by atoms with Gasteiger partial charge in [0, 0.05) is 5.56 Å². The number of hydrogen-bond donors (Lipinski definition) is 0. The van der Waals surface area contributed by atoms with E-state index in [-0.39, 0.29) is 24.3 Å². The van der Waals surface area contributed by atoms with E-state index in [0.29, 0.717) is 27.3 Å². The van der Waals surface area contributed by atoms with Gasteiger partial charge in [-0.25, -0.2) is 0 Å². The minimum Gasteiger partial charge on any atom is -0.488 e. The van der Waals surface area contributed by atoms with Crippen LogP contribution < -0.4 is 4.74 Å². The Kier molecular flexibility index (Phi) is 7.31. The van der Waals surface area contributed by atoms with E-state index >= 15 is 0 Å². The minimum atomic E-state index is -0.383. The number of halogens is 1. The van der Waals surface area contributed by atoms with Crippen molar-refractivity contribution in [2.75, 3.05) is 0 Å². The monoisotopic (exact) mass is 577 g/mol. The molecule has 0 unspecified atom stereocenters. The number of nitriles is 2. The lowest BCUT2D eigenvalue weighted by atomic mass is 10.1. The molecule has 1 aliphatic rings. The van der Waals surface area contributed by atoms with Crippen molar-refractivity contribution in [3.63, 3.8) is 0 Å². The van der Waals surface area contributed by atoms with Gasteiger partial charge in [-0.1, -0.05) is 42.5 Å². The summed E-state index contributed by atoms with van der Waals surface area (Å²) in [6.45, 7) is 0.322. The molecular formula is C26H16IN3O3S. The Labute approximate surface area is 214 Å². The molecule has 0 aromatic heterocycles. The van der Waals surface area contributed by atoms with Gasteiger partial charge >= 0.3 is 0 Å². The average Bonchev–Trinajstić information content (AvgIpc) is 3.11. The fraction of sp³-hybridized carbons (Fsp3) is 0.0769. The van der Waals surface area contributed by atoms with Crippen LogP contribution in [0.3, 0.4) is 0 Å². The Morgan fingerprint density at radius 2 is 1.59 bits per heavy atom. The number of carbonyl (C=O) groups excluding carboxylic acids is 2. The molecule has 3 aromatic carbocycles. The lowest BCUT2D eigenvalue weighted by Gasteiger charge is -2.13. The van der Waals surface area contributed by atoms with E-state index in [1.807, 2.05) is 30.3 Å². The Hall–Kier alpha value is -3.60. The van der Waals surface area contributed by atoms with Crippen molar-refractivity contribution in [2.45, 2.75) is 13.2 Å². The Morgan fingerprint density at radius 1 is 0.941 bits per heavy atom. The molecule has 0 saturated carbocycles. The van der Waals surface area contributed by atoms with E-state index in [4.69, 9.17) is 4.74 Å². The van der Waals surface area contributed by atoms with Crippen LogP contribution in [-0.4, -0.2) is 16.0 Å². The molecule has 2 amide bonds. The maximum absolute atomic E-state index is 12.9. The molecule has 1 saturated heterocycles. The fourth-order valence-corrected chi connectivity index (χ4v) is 4.89. The van der Waals surface area contributed by atoms with Crippen molar-refractivity contribution in [2.24, 2.45) is 0 Å². The second kappa shape index (κ2) is 10.6. The second-order valence-corrected chi connectivity index (χ2v) is 9.44. The van der Waals surface area contributed by atoms with E-state index in [1.54, 1.807) is 42.5 Å². The van der Waals surface area contributed by atoms with Crippen molar-refractivity contribution in [3.8, 4) is 17.9 Å². The first-order chi connectivity index (χ1) is 16.5. The number of rotatable bonds is 6. The first-order valence-electron chi connectivity index (χ1n) is 10.1. The Balaban J connectivity index is 1.48. The highest BCUT2D eigenvalue weighted by Crippen LogP contribution is 2.34. The van der Waals surface area contributed by atoms with E-state index in [1.165, 1.54) is 0 Å². The summed E-state index contributed by atoms with van der Waals surface area (Å²) in [5.41, 5.74) is 3.20. The topological polar surface area (TPSA) is 94.2 Å². The SMILES string of the molecule is N#Cc1ccccc1COc1ccc(/C=C2/SC(=O)N(Cc3ccccc3C#N)C2=O)cc1I. The molecule has 6 nitrogen and oxygen atoms in total. The van der Waals surface area contributed by atoms with Gasteiger partial charge in [-0.05, 0) is 75.8 Å². The summed E-state index contributed by atoms with van der Waals surface area (Å²) in [6.07, 6.45) is 1.68. The van der Waals surface area contributed by atoms with Crippen LogP contribution in [0.15, 0.2) is 71.6 Å². The molecule has 3 aromatic rings. The normalized spacial score (nSPS) is 14.2. The van der Waals surface area contributed by atoms with Gasteiger partial charge in [0.2, 0.25) is 0 Å². The van der Waals surface area contributed by atoms with Crippen molar-refractivity contribution in [3.05, 3.63) is 103 Å². The van der Waals surface area contributed by atoms with Gasteiger partial charge in [0.15, 0.2) is 0 Å². The summed E-state index contributed by atoms with van der Waals surface area (Å²) in [7, 11) is 0.